The van der Waals surface area contributed by atoms with Crippen LogP contribution in [0.5, 0.6) is 5.75 Å². The highest BCUT2D eigenvalue weighted by Gasteiger charge is 2.18. The summed E-state index contributed by atoms with van der Waals surface area (Å²) < 4.78 is 0.445. The molecule has 0 saturated carbocycles. The number of halogens is 1. The standard InChI is InChI=1S/C12H10BrNO4/c1-2-5-14(7-11(16)17)12(18)8-3-4-9(13)10(15)6-8/h1,3-4,6,15H,5,7H2,(H,16,17). The summed E-state index contributed by atoms with van der Waals surface area (Å²) in [6, 6.07) is 4.21. The monoisotopic (exact) mass is 311 g/mol. The number of phenolic OH excluding ortho intramolecular Hbond substituents is 1. The summed E-state index contributed by atoms with van der Waals surface area (Å²) in [5.41, 5.74) is 0.173. The largest absolute Gasteiger partial charge is 0.507 e. The van der Waals surface area contributed by atoms with E-state index in [1.54, 1.807) is 0 Å². The van der Waals surface area contributed by atoms with Crippen LogP contribution in [-0.4, -0.2) is 40.1 Å². The number of nitrogens with zero attached hydrogens (tertiary/aromatic N) is 1. The van der Waals surface area contributed by atoms with E-state index < -0.39 is 18.4 Å². The van der Waals surface area contributed by atoms with Gasteiger partial charge in [0.05, 0.1) is 11.0 Å². The van der Waals surface area contributed by atoms with Gasteiger partial charge in [-0.25, -0.2) is 0 Å². The first kappa shape index (κ1) is 14.1. The van der Waals surface area contributed by atoms with Crippen molar-refractivity contribution < 1.29 is 19.8 Å². The number of aliphatic carboxylic acids is 1. The minimum Gasteiger partial charge on any atom is -0.507 e. The van der Waals surface area contributed by atoms with Crippen LogP contribution in [0.4, 0.5) is 0 Å². The Morgan fingerprint density at radius 3 is 2.61 bits per heavy atom. The van der Waals surface area contributed by atoms with Gasteiger partial charge in [0.2, 0.25) is 0 Å². The molecule has 0 heterocycles. The van der Waals surface area contributed by atoms with Crippen molar-refractivity contribution in [1.29, 1.82) is 0 Å². The molecular formula is C12H10BrNO4. The van der Waals surface area contributed by atoms with E-state index in [4.69, 9.17) is 11.5 Å². The zero-order valence-corrected chi connectivity index (χ0v) is 10.8. The van der Waals surface area contributed by atoms with Crippen LogP contribution >= 0.6 is 15.9 Å². The number of hydrogen-bond acceptors (Lipinski definition) is 3. The maximum absolute atomic E-state index is 12.0. The lowest BCUT2D eigenvalue weighted by Gasteiger charge is -2.18. The molecule has 0 saturated heterocycles. The number of rotatable bonds is 4. The average molecular weight is 312 g/mol. The van der Waals surface area contributed by atoms with Gasteiger partial charge < -0.3 is 15.1 Å². The maximum Gasteiger partial charge on any atom is 0.323 e. The lowest BCUT2D eigenvalue weighted by atomic mass is 10.2. The lowest BCUT2D eigenvalue weighted by Crippen LogP contribution is -2.35. The Morgan fingerprint density at radius 2 is 2.11 bits per heavy atom. The van der Waals surface area contributed by atoms with Gasteiger partial charge >= 0.3 is 5.97 Å². The minimum atomic E-state index is -1.15. The number of carboxylic acid groups (broad SMARTS) is 1. The van der Waals surface area contributed by atoms with E-state index >= 15 is 0 Å². The number of benzene rings is 1. The predicted molar refractivity (Wildman–Crippen MR) is 68.2 cm³/mol. The fourth-order valence-electron chi connectivity index (χ4n) is 1.30. The molecule has 0 radical (unpaired) electrons. The first-order valence-corrected chi connectivity index (χ1v) is 5.68. The Bertz CT molecular complexity index is 521. The van der Waals surface area contributed by atoms with Gasteiger partial charge in [0, 0.05) is 5.56 Å². The van der Waals surface area contributed by atoms with Crippen LogP contribution in [0.15, 0.2) is 22.7 Å². The molecule has 1 aromatic carbocycles. The molecule has 0 bridgehead atoms. The van der Waals surface area contributed by atoms with E-state index in [0.29, 0.717) is 4.47 Å². The van der Waals surface area contributed by atoms with Crippen LogP contribution in [0, 0.1) is 12.3 Å². The molecule has 0 fully saturated rings. The van der Waals surface area contributed by atoms with Crippen LogP contribution < -0.4 is 0 Å². The Hall–Kier alpha value is -2.00. The summed E-state index contributed by atoms with van der Waals surface area (Å²) in [6.45, 7) is -0.595. The second-order valence-electron chi connectivity index (χ2n) is 3.43. The number of carboxylic acids is 1. The number of carbonyl (C=O) groups is 2. The molecule has 1 amide bonds. The van der Waals surface area contributed by atoms with E-state index in [0.717, 1.165) is 4.90 Å². The minimum absolute atomic E-state index is 0.100. The third-order valence-electron chi connectivity index (χ3n) is 2.09. The average Bonchev–Trinajstić information content (AvgIpc) is 2.31. The Kier molecular flexibility index (Phi) is 4.75. The first-order chi connectivity index (χ1) is 8.45. The number of hydrogen-bond donors (Lipinski definition) is 2. The van der Waals surface area contributed by atoms with Gasteiger partial charge in [-0.2, -0.15) is 0 Å². The van der Waals surface area contributed by atoms with Gasteiger partial charge in [-0.1, -0.05) is 5.92 Å². The van der Waals surface area contributed by atoms with Crippen molar-refractivity contribution in [3.63, 3.8) is 0 Å². The summed E-state index contributed by atoms with van der Waals surface area (Å²) in [6.07, 6.45) is 5.08. The van der Waals surface area contributed by atoms with Gasteiger partial charge in [0.25, 0.3) is 5.91 Å². The van der Waals surface area contributed by atoms with Crippen molar-refractivity contribution in [2.24, 2.45) is 0 Å². The SMILES string of the molecule is C#CCN(CC(=O)O)C(=O)c1ccc(Br)c(O)c1. The highest BCUT2D eigenvalue weighted by Crippen LogP contribution is 2.24. The molecule has 5 nitrogen and oxygen atoms in total. The van der Waals surface area contributed by atoms with E-state index in [9.17, 15) is 14.7 Å². The van der Waals surface area contributed by atoms with Crippen molar-refractivity contribution in [3.8, 4) is 18.1 Å². The van der Waals surface area contributed by atoms with Crippen LogP contribution in [0.3, 0.4) is 0 Å². The third-order valence-corrected chi connectivity index (χ3v) is 2.76. The second kappa shape index (κ2) is 6.07. The summed E-state index contributed by atoms with van der Waals surface area (Å²) in [7, 11) is 0. The lowest BCUT2D eigenvalue weighted by molar-refractivity contribution is -0.137. The molecule has 6 heteroatoms. The maximum atomic E-state index is 12.0. The molecule has 0 aliphatic rings. The Morgan fingerprint density at radius 1 is 1.44 bits per heavy atom. The summed E-state index contributed by atoms with van der Waals surface area (Å²) in [5.74, 6) is 0.423. The number of phenols is 1. The fourth-order valence-corrected chi connectivity index (χ4v) is 1.55. The van der Waals surface area contributed by atoms with Gasteiger partial charge in [0.1, 0.15) is 12.3 Å². The zero-order chi connectivity index (χ0) is 13.7. The Labute approximate surface area is 112 Å². The van der Waals surface area contributed by atoms with Crippen LogP contribution in [0.25, 0.3) is 0 Å². The molecule has 18 heavy (non-hydrogen) atoms. The highest BCUT2D eigenvalue weighted by molar-refractivity contribution is 9.10. The quantitative estimate of drug-likeness (QED) is 0.822. The molecule has 0 unspecified atom stereocenters. The molecule has 0 aliphatic heterocycles. The molecule has 0 spiro atoms. The summed E-state index contributed by atoms with van der Waals surface area (Å²) in [4.78, 5) is 23.6. The molecule has 1 rings (SSSR count). The smallest absolute Gasteiger partial charge is 0.323 e. The molecular weight excluding hydrogens is 302 g/mol. The van der Waals surface area contributed by atoms with E-state index in [1.807, 2.05) is 0 Å². The number of terminal acetylenes is 1. The van der Waals surface area contributed by atoms with Crippen molar-refractivity contribution in [1.82, 2.24) is 4.90 Å². The van der Waals surface area contributed by atoms with Crippen LogP contribution in [0.1, 0.15) is 10.4 Å². The van der Waals surface area contributed by atoms with Crippen LogP contribution in [-0.2, 0) is 4.79 Å². The van der Waals surface area contributed by atoms with Crippen molar-refractivity contribution in [3.05, 3.63) is 28.2 Å². The van der Waals surface area contributed by atoms with Crippen molar-refractivity contribution in [2.75, 3.05) is 13.1 Å². The van der Waals surface area contributed by atoms with Crippen molar-refractivity contribution >= 4 is 27.8 Å². The summed E-state index contributed by atoms with van der Waals surface area (Å²) in [5, 5.41) is 18.2. The Balaban J connectivity index is 2.98. The third kappa shape index (κ3) is 3.50. The van der Waals surface area contributed by atoms with Gasteiger partial charge in [-0.3, -0.25) is 9.59 Å². The number of aromatic hydroxyl groups is 1. The van der Waals surface area contributed by atoms with Gasteiger partial charge in [-0.05, 0) is 34.1 Å². The summed E-state index contributed by atoms with van der Waals surface area (Å²) >= 11 is 3.09. The van der Waals surface area contributed by atoms with E-state index in [1.165, 1.54) is 18.2 Å². The molecule has 94 valence electrons. The first-order valence-electron chi connectivity index (χ1n) is 4.88. The molecule has 1 aromatic rings. The topological polar surface area (TPSA) is 77.8 Å². The fraction of sp³-hybridized carbons (Fsp3) is 0.167. The molecule has 2 N–H and O–H groups in total. The van der Waals surface area contributed by atoms with Gasteiger partial charge in [-0.15, -0.1) is 6.42 Å². The molecule has 0 aliphatic carbocycles. The van der Waals surface area contributed by atoms with E-state index in [-0.39, 0.29) is 17.9 Å². The molecule has 0 atom stereocenters. The second-order valence-corrected chi connectivity index (χ2v) is 4.28. The predicted octanol–water partition coefficient (Wildman–Crippen LogP) is 1.31. The van der Waals surface area contributed by atoms with Crippen LogP contribution in [0.2, 0.25) is 0 Å². The van der Waals surface area contributed by atoms with E-state index in [2.05, 4.69) is 21.9 Å². The molecule has 0 aromatic heterocycles. The number of carbonyl (C=O) groups excluding carboxylic acids is 1. The zero-order valence-electron chi connectivity index (χ0n) is 9.26. The van der Waals surface area contributed by atoms with Gasteiger partial charge in [0.15, 0.2) is 0 Å². The normalized spacial score (nSPS) is 9.56. The number of amides is 1. The highest BCUT2D eigenvalue weighted by atomic mass is 79.9. The van der Waals surface area contributed by atoms with Crippen molar-refractivity contribution in [2.45, 2.75) is 0 Å².